The predicted molar refractivity (Wildman–Crippen MR) is 99.7 cm³/mol. The van der Waals surface area contributed by atoms with Crippen molar-refractivity contribution >= 4 is 5.69 Å². The van der Waals surface area contributed by atoms with Crippen molar-refractivity contribution in [3.8, 4) is 5.75 Å². The SMILES string of the molecule is COc1cccc(CNCc2cccc(N3CCN(C)CC3)c2)c1. The quantitative estimate of drug-likeness (QED) is 0.884. The molecule has 1 N–H and O–H groups in total. The molecule has 0 spiro atoms. The van der Waals surface area contributed by atoms with Gasteiger partial charge >= 0.3 is 0 Å². The molecule has 2 aromatic rings. The molecule has 1 saturated heterocycles. The van der Waals surface area contributed by atoms with Crippen molar-refractivity contribution < 1.29 is 4.74 Å². The largest absolute Gasteiger partial charge is 0.497 e. The molecule has 0 aliphatic carbocycles. The van der Waals surface area contributed by atoms with E-state index in [1.54, 1.807) is 7.11 Å². The van der Waals surface area contributed by atoms with Crippen molar-refractivity contribution in [2.45, 2.75) is 13.1 Å². The zero-order valence-electron chi connectivity index (χ0n) is 14.7. The van der Waals surface area contributed by atoms with E-state index >= 15 is 0 Å². The van der Waals surface area contributed by atoms with E-state index in [0.717, 1.165) is 45.0 Å². The van der Waals surface area contributed by atoms with Gasteiger partial charge in [-0.2, -0.15) is 0 Å². The van der Waals surface area contributed by atoms with Crippen molar-refractivity contribution in [2.24, 2.45) is 0 Å². The summed E-state index contributed by atoms with van der Waals surface area (Å²) in [4.78, 5) is 4.86. The van der Waals surface area contributed by atoms with E-state index in [1.807, 2.05) is 12.1 Å². The molecule has 3 rings (SSSR count). The van der Waals surface area contributed by atoms with Crippen LogP contribution in [0.25, 0.3) is 0 Å². The normalized spacial score (nSPS) is 15.5. The van der Waals surface area contributed by atoms with Crippen LogP contribution in [0.3, 0.4) is 0 Å². The number of nitrogens with zero attached hydrogens (tertiary/aromatic N) is 2. The van der Waals surface area contributed by atoms with Crippen LogP contribution in [-0.4, -0.2) is 45.2 Å². The highest BCUT2D eigenvalue weighted by Gasteiger charge is 2.14. The maximum absolute atomic E-state index is 5.27. The van der Waals surface area contributed by atoms with E-state index in [4.69, 9.17) is 4.74 Å². The maximum Gasteiger partial charge on any atom is 0.119 e. The zero-order valence-corrected chi connectivity index (χ0v) is 14.7. The third-order valence-electron chi connectivity index (χ3n) is 4.57. The first kappa shape index (κ1) is 16.8. The van der Waals surface area contributed by atoms with Crippen molar-refractivity contribution in [3.05, 3.63) is 59.7 Å². The van der Waals surface area contributed by atoms with E-state index in [9.17, 15) is 0 Å². The van der Waals surface area contributed by atoms with E-state index in [2.05, 4.69) is 58.6 Å². The first-order chi connectivity index (χ1) is 11.7. The Morgan fingerprint density at radius 1 is 0.917 bits per heavy atom. The third kappa shape index (κ3) is 4.49. The van der Waals surface area contributed by atoms with E-state index in [1.165, 1.54) is 16.8 Å². The Morgan fingerprint density at radius 3 is 2.29 bits per heavy atom. The van der Waals surface area contributed by atoms with Crippen molar-refractivity contribution in [1.82, 2.24) is 10.2 Å². The lowest BCUT2D eigenvalue weighted by Gasteiger charge is -2.34. The number of methoxy groups -OCH3 is 1. The summed E-state index contributed by atoms with van der Waals surface area (Å²) in [5.41, 5.74) is 3.91. The second-order valence-corrected chi connectivity index (χ2v) is 6.42. The summed E-state index contributed by atoms with van der Waals surface area (Å²) in [6.07, 6.45) is 0. The number of rotatable bonds is 6. The molecule has 1 fully saturated rings. The van der Waals surface area contributed by atoms with Gasteiger partial charge in [0, 0.05) is 45.0 Å². The van der Waals surface area contributed by atoms with Crippen LogP contribution in [0.15, 0.2) is 48.5 Å². The highest BCUT2D eigenvalue weighted by Crippen LogP contribution is 2.18. The number of likely N-dealkylation sites (N-methyl/N-ethyl adjacent to an activating group) is 1. The molecular formula is C20H27N3O. The van der Waals surface area contributed by atoms with Gasteiger partial charge in [-0.1, -0.05) is 24.3 Å². The van der Waals surface area contributed by atoms with Crippen molar-refractivity contribution in [3.63, 3.8) is 0 Å². The topological polar surface area (TPSA) is 27.7 Å². The third-order valence-corrected chi connectivity index (χ3v) is 4.57. The Bertz CT molecular complexity index is 651. The van der Waals surface area contributed by atoms with Gasteiger partial charge in [-0.3, -0.25) is 0 Å². The molecule has 1 aliphatic rings. The van der Waals surface area contributed by atoms with E-state index < -0.39 is 0 Å². The molecule has 4 heteroatoms. The Kier molecular flexibility index (Phi) is 5.72. The minimum Gasteiger partial charge on any atom is -0.497 e. The van der Waals surface area contributed by atoms with Gasteiger partial charge in [0.2, 0.25) is 0 Å². The average Bonchev–Trinajstić information content (AvgIpc) is 2.63. The van der Waals surface area contributed by atoms with Crippen LogP contribution in [0.4, 0.5) is 5.69 Å². The second kappa shape index (κ2) is 8.18. The van der Waals surface area contributed by atoms with Crippen LogP contribution in [-0.2, 0) is 13.1 Å². The molecule has 0 atom stereocenters. The monoisotopic (exact) mass is 325 g/mol. The Morgan fingerprint density at radius 2 is 1.58 bits per heavy atom. The number of anilines is 1. The molecule has 1 heterocycles. The molecule has 24 heavy (non-hydrogen) atoms. The van der Waals surface area contributed by atoms with Crippen molar-refractivity contribution in [2.75, 3.05) is 45.2 Å². The van der Waals surface area contributed by atoms with Crippen LogP contribution < -0.4 is 15.0 Å². The molecule has 4 nitrogen and oxygen atoms in total. The van der Waals surface area contributed by atoms with Gasteiger partial charge in [-0.25, -0.2) is 0 Å². The molecule has 0 aromatic heterocycles. The second-order valence-electron chi connectivity index (χ2n) is 6.42. The van der Waals surface area contributed by atoms with Gasteiger partial charge in [-0.05, 0) is 42.4 Å². The smallest absolute Gasteiger partial charge is 0.119 e. The maximum atomic E-state index is 5.27. The lowest BCUT2D eigenvalue weighted by atomic mass is 10.1. The molecule has 128 valence electrons. The fraction of sp³-hybridized carbons (Fsp3) is 0.400. The summed E-state index contributed by atoms with van der Waals surface area (Å²) in [7, 11) is 3.90. The van der Waals surface area contributed by atoms with Crippen LogP contribution in [0, 0.1) is 0 Å². The lowest BCUT2D eigenvalue weighted by molar-refractivity contribution is 0.313. The molecule has 0 amide bonds. The highest BCUT2D eigenvalue weighted by molar-refractivity contribution is 5.49. The summed E-state index contributed by atoms with van der Waals surface area (Å²) < 4.78 is 5.27. The van der Waals surface area contributed by atoms with Gasteiger partial charge in [0.1, 0.15) is 5.75 Å². The molecule has 2 aromatic carbocycles. The summed E-state index contributed by atoms with van der Waals surface area (Å²) in [6.45, 7) is 6.21. The predicted octanol–water partition coefficient (Wildman–Crippen LogP) is 2.74. The lowest BCUT2D eigenvalue weighted by Crippen LogP contribution is -2.44. The summed E-state index contributed by atoms with van der Waals surface area (Å²) in [5, 5.41) is 3.52. The summed E-state index contributed by atoms with van der Waals surface area (Å²) in [5.74, 6) is 0.909. The van der Waals surface area contributed by atoms with Crippen LogP contribution in [0.2, 0.25) is 0 Å². The minimum atomic E-state index is 0.843. The molecule has 0 radical (unpaired) electrons. The summed E-state index contributed by atoms with van der Waals surface area (Å²) >= 11 is 0. The highest BCUT2D eigenvalue weighted by atomic mass is 16.5. The number of hydrogen-bond donors (Lipinski definition) is 1. The zero-order chi connectivity index (χ0) is 16.8. The molecule has 0 bridgehead atoms. The molecule has 1 aliphatic heterocycles. The first-order valence-electron chi connectivity index (χ1n) is 8.61. The fourth-order valence-electron chi connectivity index (χ4n) is 3.06. The van der Waals surface area contributed by atoms with Gasteiger partial charge in [0.15, 0.2) is 0 Å². The van der Waals surface area contributed by atoms with E-state index in [0.29, 0.717) is 0 Å². The van der Waals surface area contributed by atoms with Gasteiger partial charge in [0.25, 0.3) is 0 Å². The number of benzene rings is 2. The van der Waals surface area contributed by atoms with Gasteiger partial charge in [0.05, 0.1) is 7.11 Å². The number of hydrogen-bond acceptors (Lipinski definition) is 4. The van der Waals surface area contributed by atoms with Crippen molar-refractivity contribution in [1.29, 1.82) is 0 Å². The Balaban J connectivity index is 1.54. The number of piperazine rings is 1. The van der Waals surface area contributed by atoms with Gasteiger partial charge in [-0.15, -0.1) is 0 Å². The average molecular weight is 325 g/mol. The van der Waals surface area contributed by atoms with Gasteiger partial charge < -0.3 is 19.9 Å². The first-order valence-corrected chi connectivity index (χ1v) is 8.61. The van der Waals surface area contributed by atoms with E-state index in [-0.39, 0.29) is 0 Å². The Labute approximate surface area is 145 Å². The Hall–Kier alpha value is -2.04. The summed E-state index contributed by atoms with van der Waals surface area (Å²) in [6, 6.07) is 17.1. The molecular weight excluding hydrogens is 298 g/mol. The standard InChI is InChI=1S/C20H27N3O/c1-22-9-11-23(12-10-22)19-7-3-5-17(13-19)15-21-16-18-6-4-8-20(14-18)24-2/h3-8,13-14,21H,9-12,15-16H2,1-2H3. The fourth-order valence-corrected chi connectivity index (χ4v) is 3.06. The van der Waals surface area contributed by atoms with Crippen LogP contribution >= 0.6 is 0 Å². The van der Waals surface area contributed by atoms with Crippen LogP contribution in [0.1, 0.15) is 11.1 Å². The molecule has 0 unspecified atom stereocenters. The number of nitrogens with one attached hydrogen (secondary N) is 1. The van der Waals surface area contributed by atoms with Crippen LogP contribution in [0.5, 0.6) is 5.75 Å². The molecule has 0 saturated carbocycles. The number of ether oxygens (including phenoxy) is 1. The minimum absolute atomic E-state index is 0.843.